The Labute approximate surface area is 103 Å². The van der Waals surface area contributed by atoms with Gasteiger partial charge in [-0.15, -0.1) is 0 Å². The van der Waals surface area contributed by atoms with Gasteiger partial charge in [0.25, 0.3) is 0 Å². The van der Waals surface area contributed by atoms with Crippen LogP contribution in [0.15, 0.2) is 22.8 Å². The normalized spacial score (nSPS) is 36.3. The summed E-state index contributed by atoms with van der Waals surface area (Å²) < 4.78 is 11.3. The smallest absolute Gasteiger partial charge is 0.120 e. The fourth-order valence-corrected chi connectivity index (χ4v) is 3.55. The van der Waals surface area contributed by atoms with Crippen LogP contribution < -0.4 is 5.32 Å². The molecule has 1 saturated heterocycles. The molecule has 3 nitrogen and oxygen atoms in total. The van der Waals surface area contributed by atoms with E-state index in [-0.39, 0.29) is 11.5 Å². The van der Waals surface area contributed by atoms with Crippen LogP contribution in [-0.4, -0.2) is 18.8 Å². The molecule has 3 unspecified atom stereocenters. The van der Waals surface area contributed by atoms with Crippen molar-refractivity contribution in [3.8, 4) is 0 Å². The van der Waals surface area contributed by atoms with Crippen LogP contribution >= 0.6 is 0 Å². The van der Waals surface area contributed by atoms with Gasteiger partial charge in [-0.3, -0.25) is 0 Å². The fraction of sp³-hybridized carbons (Fsp3) is 0.714. The van der Waals surface area contributed by atoms with E-state index in [9.17, 15) is 0 Å². The van der Waals surface area contributed by atoms with Gasteiger partial charge in [-0.1, -0.05) is 13.8 Å². The minimum atomic E-state index is 0.238. The molecule has 4 atom stereocenters. The molecule has 17 heavy (non-hydrogen) atoms. The van der Waals surface area contributed by atoms with E-state index in [1.165, 1.54) is 6.42 Å². The molecular weight excluding hydrogens is 214 g/mol. The van der Waals surface area contributed by atoms with Crippen LogP contribution in [0.2, 0.25) is 0 Å². The molecular formula is C14H21NO2. The number of ether oxygens (including phenoxy) is 1. The monoisotopic (exact) mass is 235 g/mol. The highest BCUT2D eigenvalue weighted by Gasteiger charge is 2.59. The summed E-state index contributed by atoms with van der Waals surface area (Å²) in [5.41, 5.74) is 0.238. The maximum atomic E-state index is 5.81. The lowest BCUT2D eigenvalue weighted by molar-refractivity contribution is -0.115. The summed E-state index contributed by atoms with van der Waals surface area (Å²) in [6.07, 6.45) is 3.38. The Hall–Kier alpha value is -0.800. The van der Waals surface area contributed by atoms with E-state index in [1.807, 2.05) is 12.1 Å². The first-order valence-corrected chi connectivity index (χ1v) is 6.52. The summed E-state index contributed by atoms with van der Waals surface area (Å²) >= 11 is 0. The van der Waals surface area contributed by atoms with Gasteiger partial charge in [-0.05, 0) is 25.5 Å². The highest BCUT2D eigenvalue weighted by Crippen LogP contribution is 2.52. The highest BCUT2D eigenvalue weighted by atomic mass is 16.5. The largest absolute Gasteiger partial charge is 0.468 e. The van der Waals surface area contributed by atoms with Crippen molar-refractivity contribution in [2.24, 2.45) is 11.3 Å². The third-order valence-corrected chi connectivity index (χ3v) is 4.50. The zero-order valence-corrected chi connectivity index (χ0v) is 10.8. The summed E-state index contributed by atoms with van der Waals surface area (Å²) in [7, 11) is 0. The molecule has 0 aromatic carbocycles. The van der Waals surface area contributed by atoms with Gasteiger partial charge < -0.3 is 14.5 Å². The molecule has 2 aliphatic rings. The molecule has 94 valence electrons. The summed E-state index contributed by atoms with van der Waals surface area (Å²) in [6.45, 7) is 7.68. The van der Waals surface area contributed by atoms with Crippen molar-refractivity contribution in [1.29, 1.82) is 0 Å². The minimum Gasteiger partial charge on any atom is -0.468 e. The van der Waals surface area contributed by atoms with E-state index in [2.05, 4.69) is 26.1 Å². The van der Waals surface area contributed by atoms with E-state index in [4.69, 9.17) is 9.15 Å². The third kappa shape index (κ3) is 1.64. The van der Waals surface area contributed by atoms with Crippen molar-refractivity contribution < 1.29 is 9.15 Å². The lowest BCUT2D eigenvalue weighted by Gasteiger charge is -2.55. The van der Waals surface area contributed by atoms with Gasteiger partial charge >= 0.3 is 0 Å². The molecule has 1 aliphatic carbocycles. The first-order chi connectivity index (χ1) is 8.10. The zero-order chi connectivity index (χ0) is 12.0. The molecule has 3 rings (SSSR count). The number of hydrogen-bond donors (Lipinski definition) is 1. The highest BCUT2D eigenvalue weighted by molar-refractivity contribution is 5.13. The van der Waals surface area contributed by atoms with E-state index in [1.54, 1.807) is 6.26 Å². The lowest BCUT2D eigenvalue weighted by Crippen LogP contribution is -2.66. The third-order valence-electron chi connectivity index (χ3n) is 4.50. The number of rotatable bonds is 3. The molecule has 0 amide bonds. The maximum Gasteiger partial charge on any atom is 0.120 e. The van der Waals surface area contributed by atoms with E-state index >= 15 is 0 Å². The topological polar surface area (TPSA) is 34.4 Å². The number of furan rings is 1. The van der Waals surface area contributed by atoms with Crippen molar-refractivity contribution in [3.05, 3.63) is 24.2 Å². The van der Waals surface area contributed by atoms with Crippen LogP contribution in [-0.2, 0) is 4.74 Å². The van der Waals surface area contributed by atoms with E-state index < -0.39 is 0 Å². The van der Waals surface area contributed by atoms with Crippen molar-refractivity contribution in [2.45, 2.75) is 45.4 Å². The predicted octanol–water partition coefficient (Wildman–Crippen LogP) is 2.74. The van der Waals surface area contributed by atoms with E-state index in [0.29, 0.717) is 18.1 Å². The van der Waals surface area contributed by atoms with Crippen molar-refractivity contribution >= 4 is 0 Å². The van der Waals surface area contributed by atoms with Gasteiger partial charge in [0.1, 0.15) is 5.76 Å². The van der Waals surface area contributed by atoms with Crippen LogP contribution in [0.1, 0.15) is 39.0 Å². The average molecular weight is 235 g/mol. The van der Waals surface area contributed by atoms with Crippen LogP contribution in [0, 0.1) is 11.3 Å². The molecule has 0 spiro atoms. The SMILES string of the molecule is C[C@@H](NC1C2CCOC2C1(C)C)c1ccco1. The molecule has 3 heteroatoms. The molecule has 0 radical (unpaired) electrons. The van der Waals surface area contributed by atoms with Crippen LogP contribution in [0.4, 0.5) is 0 Å². The van der Waals surface area contributed by atoms with Gasteiger partial charge in [-0.25, -0.2) is 0 Å². The Morgan fingerprint density at radius 3 is 3.00 bits per heavy atom. The summed E-state index contributed by atoms with van der Waals surface area (Å²) in [5.74, 6) is 1.70. The molecule has 2 heterocycles. The Kier molecular flexibility index (Phi) is 2.56. The fourth-order valence-electron chi connectivity index (χ4n) is 3.55. The second-order valence-electron chi connectivity index (χ2n) is 5.95. The van der Waals surface area contributed by atoms with Gasteiger partial charge in [0, 0.05) is 24.0 Å². The standard InChI is InChI=1S/C14H21NO2/c1-9(11-5-4-7-16-11)15-12-10-6-8-17-13(10)14(12,2)3/h4-5,7,9-10,12-13,15H,6,8H2,1-3H3/t9-,10?,12?,13?/m1/s1. The molecule has 1 aromatic rings. The predicted molar refractivity (Wildman–Crippen MR) is 65.7 cm³/mol. The van der Waals surface area contributed by atoms with Crippen molar-refractivity contribution in [1.82, 2.24) is 5.32 Å². The van der Waals surface area contributed by atoms with Gasteiger partial charge in [0.2, 0.25) is 0 Å². The second-order valence-corrected chi connectivity index (χ2v) is 5.95. The first kappa shape index (κ1) is 11.3. The van der Waals surface area contributed by atoms with Gasteiger partial charge in [-0.2, -0.15) is 0 Å². The minimum absolute atomic E-state index is 0.238. The maximum absolute atomic E-state index is 5.81. The molecule has 1 saturated carbocycles. The summed E-state index contributed by atoms with van der Waals surface area (Å²) in [6, 6.07) is 4.79. The van der Waals surface area contributed by atoms with Crippen molar-refractivity contribution in [3.63, 3.8) is 0 Å². The Bertz CT molecular complexity index is 385. The second kappa shape index (κ2) is 3.85. The Morgan fingerprint density at radius 1 is 1.47 bits per heavy atom. The Balaban J connectivity index is 1.69. The van der Waals surface area contributed by atoms with Crippen molar-refractivity contribution in [2.75, 3.05) is 6.61 Å². The number of hydrogen-bond acceptors (Lipinski definition) is 3. The molecule has 1 aliphatic heterocycles. The Morgan fingerprint density at radius 2 is 2.29 bits per heavy atom. The lowest BCUT2D eigenvalue weighted by atomic mass is 9.57. The zero-order valence-electron chi connectivity index (χ0n) is 10.8. The van der Waals surface area contributed by atoms with Crippen LogP contribution in [0.3, 0.4) is 0 Å². The molecule has 0 bridgehead atoms. The quantitative estimate of drug-likeness (QED) is 0.874. The number of nitrogens with one attached hydrogen (secondary N) is 1. The number of fused-ring (bicyclic) bond motifs is 1. The first-order valence-electron chi connectivity index (χ1n) is 6.52. The van der Waals surface area contributed by atoms with Crippen LogP contribution in [0.25, 0.3) is 0 Å². The van der Waals surface area contributed by atoms with Crippen LogP contribution in [0.5, 0.6) is 0 Å². The average Bonchev–Trinajstić information content (AvgIpc) is 2.95. The molecule has 1 N–H and O–H groups in total. The van der Waals surface area contributed by atoms with E-state index in [0.717, 1.165) is 12.4 Å². The van der Waals surface area contributed by atoms with Gasteiger partial charge in [0.15, 0.2) is 0 Å². The summed E-state index contributed by atoms with van der Waals surface area (Å²) in [4.78, 5) is 0. The summed E-state index contributed by atoms with van der Waals surface area (Å²) in [5, 5.41) is 3.71. The van der Waals surface area contributed by atoms with Gasteiger partial charge in [0.05, 0.1) is 18.4 Å². The molecule has 1 aromatic heterocycles. The molecule has 2 fully saturated rings.